The molecule has 2 aliphatic rings. The lowest BCUT2D eigenvalue weighted by Gasteiger charge is -2.51. The van der Waals surface area contributed by atoms with Crippen LogP contribution in [0, 0.1) is 17.3 Å². The highest BCUT2D eigenvalue weighted by molar-refractivity contribution is 9.10. The average molecular weight is 336 g/mol. The molecule has 1 aromatic rings. The minimum atomic E-state index is 0.520. The van der Waals surface area contributed by atoms with E-state index in [9.17, 15) is 0 Å². The molecule has 3 rings (SSSR count). The van der Waals surface area contributed by atoms with Gasteiger partial charge < -0.3 is 5.32 Å². The van der Waals surface area contributed by atoms with E-state index in [4.69, 9.17) is 0 Å². The molecule has 0 radical (unpaired) electrons. The number of hydrogen-bond acceptors (Lipinski definition) is 1. The number of hydrogen-bond donors (Lipinski definition) is 1. The summed E-state index contributed by atoms with van der Waals surface area (Å²) in [6.07, 6.45) is 5.57. The van der Waals surface area contributed by atoms with E-state index in [0.29, 0.717) is 11.3 Å². The highest BCUT2D eigenvalue weighted by atomic mass is 79.9. The van der Waals surface area contributed by atoms with Crippen LogP contribution in [0.15, 0.2) is 28.7 Å². The summed E-state index contributed by atoms with van der Waals surface area (Å²) >= 11 is 3.78. The number of halogens is 1. The SMILES string of the molecule is CC1CC(C)CC2(CCNCC2c2ccccc2Br)C1. The molecule has 0 amide bonds. The molecule has 3 unspecified atom stereocenters. The maximum absolute atomic E-state index is 3.78. The van der Waals surface area contributed by atoms with Crippen molar-refractivity contribution in [3.8, 4) is 0 Å². The van der Waals surface area contributed by atoms with Crippen LogP contribution in [-0.2, 0) is 0 Å². The van der Waals surface area contributed by atoms with E-state index in [1.165, 1.54) is 42.3 Å². The molecule has 0 aromatic heterocycles. The smallest absolute Gasteiger partial charge is 0.0210 e. The van der Waals surface area contributed by atoms with Crippen LogP contribution in [0.4, 0.5) is 0 Å². The van der Waals surface area contributed by atoms with Gasteiger partial charge in [-0.05, 0) is 61.1 Å². The van der Waals surface area contributed by atoms with Gasteiger partial charge in [0.2, 0.25) is 0 Å². The van der Waals surface area contributed by atoms with Crippen molar-refractivity contribution in [2.75, 3.05) is 13.1 Å². The lowest BCUT2D eigenvalue weighted by molar-refractivity contribution is 0.0469. The van der Waals surface area contributed by atoms with Gasteiger partial charge in [0, 0.05) is 16.9 Å². The minimum Gasteiger partial charge on any atom is -0.316 e. The van der Waals surface area contributed by atoms with Gasteiger partial charge in [0.15, 0.2) is 0 Å². The Morgan fingerprint density at radius 1 is 1.15 bits per heavy atom. The van der Waals surface area contributed by atoms with E-state index in [1.54, 1.807) is 0 Å². The highest BCUT2D eigenvalue weighted by Crippen LogP contribution is 2.54. The van der Waals surface area contributed by atoms with Gasteiger partial charge in [-0.25, -0.2) is 0 Å². The Balaban J connectivity index is 1.97. The third kappa shape index (κ3) is 2.69. The van der Waals surface area contributed by atoms with Crippen molar-refractivity contribution in [2.24, 2.45) is 17.3 Å². The quantitative estimate of drug-likeness (QED) is 0.764. The zero-order valence-corrected chi connectivity index (χ0v) is 14.2. The molecule has 1 spiro atoms. The summed E-state index contributed by atoms with van der Waals surface area (Å²) in [6.45, 7) is 7.25. The molecule has 2 heteroatoms. The van der Waals surface area contributed by atoms with E-state index >= 15 is 0 Å². The Hall–Kier alpha value is -0.340. The number of nitrogens with one attached hydrogen (secondary N) is 1. The summed E-state index contributed by atoms with van der Waals surface area (Å²) < 4.78 is 1.29. The van der Waals surface area contributed by atoms with Crippen LogP contribution in [-0.4, -0.2) is 13.1 Å². The third-order valence-electron chi connectivity index (χ3n) is 5.48. The van der Waals surface area contributed by atoms with Crippen LogP contribution in [0.2, 0.25) is 0 Å². The van der Waals surface area contributed by atoms with Crippen molar-refractivity contribution in [3.05, 3.63) is 34.3 Å². The van der Waals surface area contributed by atoms with Gasteiger partial charge in [-0.3, -0.25) is 0 Å². The maximum Gasteiger partial charge on any atom is 0.0210 e. The molecule has 20 heavy (non-hydrogen) atoms. The number of piperidine rings is 1. The Morgan fingerprint density at radius 3 is 2.55 bits per heavy atom. The first-order valence-corrected chi connectivity index (χ1v) is 8.85. The summed E-state index contributed by atoms with van der Waals surface area (Å²) in [7, 11) is 0. The Morgan fingerprint density at radius 2 is 1.85 bits per heavy atom. The van der Waals surface area contributed by atoms with Crippen molar-refractivity contribution < 1.29 is 0 Å². The van der Waals surface area contributed by atoms with Gasteiger partial charge in [-0.1, -0.05) is 48.0 Å². The first kappa shape index (κ1) is 14.6. The molecule has 1 heterocycles. The zero-order valence-electron chi connectivity index (χ0n) is 12.7. The molecule has 110 valence electrons. The standard InChI is InChI=1S/C18H26BrN/c1-13-9-14(2)11-18(10-13)7-8-20-12-16(18)15-5-3-4-6-17(15)19/h3-6,13-14,16,20H,7-12H2,1-2H3. The molecule has 3 atom stereocenters. The fourth-order valence-corrected chi connectivity index (χ4v) is 5.55. The first-order chi connectivity index (χ1) is 9.61. The number of benzene rings is 1. The second-order valence-electron chi connectivity index (χ2n) is 7.24. The zero-order chi connectivity index (χ0) is 14.2. The third-order valence-corrected chi connectivity index (χ3v) is 6.20. The summed E-state index contributed by atoms with van der Waals surface area (Å²) in [5.41, 5.74) is 2.03. The van der Waals surface area contributed by atoms with E-state index in [2.05, 4.69) is 59.4 Å². The van der Waals surface area contributed by atoms with Gasteiger partial charge in [0.1, 0.15) is 0 Å². The normalized spacial score (nSPS) is 38.0. The van der Waals surface area contributed by atoms with Crippen LogP contribution in [0.1, 0.15) is 51.0 Å². The molecule has 1 saturated carbocycles. The molecule has 1 N–H and O–H groups in total. The average Bonchev–Trinajstić information content (AvgIpc) is 2.39. The summed E-state index contributed by atoms with van der Waals surface area (Å²) in [6, 6.07) is 8.85. The Bertz CT molecular complexity index is 460. The summed E-state index contributed by atoms with van der Waals surface area (Å²) in [5, 5.41) is 3.64. The molecule has 1 nitrogen and oxygen atoms in total. The molecule has 0 bridgehead atoms. The molecule has 1 aliphatic carbocycles. The fraction of sp³-hybridized carbons (Fsp3) is 0.667. The van der Waals surface area contributed by atoms with E-state index in [1.807, 2.05) is 0 Å². The first-order valence-electron chi connectivity index (χ1n) is 8.06. The van der Waals surface area contributed by atoms with Crippen LogP contribution >= 0.6 is 15.9 Å². The van der Waals surface area contributed by atoms with Crippen molar-refractivity contribution in [2.45, 2.75) is 45.4 Å². The van der Waals surface area contributed by atoms with Crippen molar-refractivity contribution >= 4 is 15.9 Å². The maximum atomic E-state index is 3.78. The van der Waals surface area contributed by atoms with E-state index < -0.39 is 0 Å². The van der Waals surface area contributed by atoms with Crippen LogP contribution in [0.5, 0.6) is 0 Å². The Labute approximate surface area is 131 Å². The molecular weight excluding hydrogens is 310 g/mol. The molecule has 1 aliphatic heterocycles. The van der Waals surface area contributed by atoms with Crippen molar-refractivity contribution in [3.63, 3.8) is 0 Å². The molecule has 1 saturated heterocycles. The fourth-order valence-electron chi connectivity index (χ4n) is 4.99. The molecular formula is C18H26BrN. The van der Waals surface area contributed by atoms with Gasteiger partial charge in [-0.2, -0.15) is 0 Å². The molecule has 2 fully saturated rings. The highest BCUT2D eigenvalue weighted by Gasteiger charge is 2.45. The second-order valence-corrected chi connectivity index (χ2v) is 8.10. The predicted molar refractivity (Wildman–Crippen MR) is 89.0 cm³/mol. The van der Waals surface area contributed by atoms with Crippen LogP contribution in [0.3, 0.4) is 0 Å². The van der Waals surface area contributed by atoms with Gasteiger partial charge in [0.25, 0.3) is 0 Å². The number of rotatable bonds is 1. The second kappa shape index (κ2) is 5.81. The predicted octanol–water partition coefficient (Wildman–Crippen LogP) is 4.97. The van der Waals surface area contributed by atoms with Crippen LogP contribution < -0.4 is 5.32 Å². The largest absolute Gasteiger partial charge is 0.316 e. The van der Waals surface area contributed by atoms with E-state index in [0.717, 1.165) is 18.4 Å². The summed E-state index contributed by atoms with van der Waals surface area (Å²) in [5.74, 6) is 2.42. The lowest BCUT2D eigenvalue weighted by atomic mass is 9.56. The molecule has 1 aromatic carbocycles. The van der Waals surface area contributed by atoms with Crippen molar-refractivity contribution in [1.82, 2.24) is 5.32 Å². The monoisotopic (exact) mass is 335 g/mol. The topological polar surface area (TPSA) is 12.0 Å². The van der Waals surface area contributed by atoms with Crippen molar-refractivity contribution in [1.29, 1.82) is 0 Å². The summed E-state index contributed by atoms with van der Waals surface area (Å²) in [4.78, 5) is 0. The Kier molecular flexibility index (Phi) is 4.24. The van der Waals surface area contributed by atoms with E-state index in [-0.39, 0.29) is 0 Å². The van der Waals surface area contributed by atoms with Gasteiger partial charge in [0.05, 0.1) is 0 Å². The van der Waals surface area contributed by atoms with Gasteiger partial charge >= 0.3 is 0 Å². The van der Waals surface area contributed by atoms with Crippen LogP contribution in [0.25, 0.3) is 0 Å². The van der Waals surface area contributed by atoms with Gasteiger partial charge in [-0.15, -0.1) is 0 Å². The lowest BCUT2D eigenvalue weighted by Crippen LogP contribution is -2.47. The minimum absolute atomic E-state index is 0.520.